The molecule has 0 spiro atoms. The van der Waals surface area contributed by atoms with E-state index >= 15 is 0 Å². The number of hydrogen-bond donors (Lipinski definition) is 2. The van der Waals surface area contributed by atoms with Crippen molar-refractivity contribution < 1.29 is 4.79 Å². The first-order valence-electron chi connectivity index (χ1n) is 4.75. The highest BCUT2D eigenvalue weighted by atomic mass is 16.2. The number of rotatable bonds is 1. The van der Waals surface area contributed by atoms with Crippen LogP contribution in [0.15, 0.2) is 30.5 Å². The Bertz CT molecular complexity index is 502. The lowest BCUT2D eigenvalue weighted by Crippen LogP contribution is -2.24. The zero-order valence-electron chi connectivity index (χ0n) is 8.74. The second-order valence-electron chi connectivity index (χ2n) is 3.37. The first kappa shape index (κ1) is 9.58. The molecule has 78 valence electrons. The van der Waals surface area contributed by atoms with Gasteiger partial charge in [0.15, 0.2) is 0 Å². The second-order valence-corrected chi connectivity index (χ2v) is 3.37. The number of para-hydroxylation sites is 1. The van der Waals surface area contributed by atoms with Gasteiger partial charge in [-0.3, -0.25) is 0 Å². The first-order valence-corrected chi connectivity index (χ1v) is 4.75. The van der Waals surface area contributed by atoms with Gasteiger partial charge in [-0.1, -0.05) is 18.2 Å². The lowest BCUT2D eigenvalue weighted by Gasteiger charge is -2.01. The maximum atomic E-state index is 11.2. The van der Waals surface area contributed by atoms with Crippen molar-refractivity contribution in [2.75, 3.05) is 12.4 Å². The Kier molecular flexibility index (Phi) is 2.33. The average Bonchev–Trinajstić information content (AvgIpc) is 2.57. The minimum Gasteiger partial charge on any atom is -0.348 e. The van der Waals surface area contributed by atoms with E-state index in [0.29, 0.717) is 0 Å². The third-order valence-corrected chi connectivity index (χ3v) is 2.37. The van der Waals surface area contributed by atoms with Gasteiger partial charge < -0.3 is 15.2 Å². The van der Waals surface area contributed by atoms with E-state index in [0.717, 1.165) is 16.6 Å². The van der Waals surface area contributed by atoms with E-state index < -0.39 is 0 Å². The number of carbonyl (C=O) groups excluding carboxylic acids is 1. The monoisotopic (exact) mass is 203 g/mol. The lowest BCUT2D eigenvalue weighted by molar-refractivity contribution is 0.254. The molecule has 1 heterocycles. The quantitative estimate of drug-likeness (QED) is 0.730. The van der Waals surface area contributed by atoms with Gasteiger partial charge in [0.25, 0.3) is 0 Å². The predicted molar refractivity (Wildman–Crippen MR) is 61.0 cm³/mol. The highest BCUT2D eigenvalue weighted by Crippen LogP contribution is 2.24. The molecule has 0 bridgehead atoms. The predicted octanol–water partition coefficient (Wildman–Crippen LogP) is 1.93. The van der Waals surface area contributed by atoms with Crippen molar-refractivity contribution in [1.29, 1.82) is 0 Å². The molecule has 0 unspecified atom stereocenters. The summed E-state index contributed by atoms with van der Waals surface area (Å²) in [5, 5.41) is 6.36. The molecule has 1 aromatic heterocycles. The molecule has 2 aromatic rings. The van der Waals surface area contributed by atoms with E-state index in [-0.39, 0.29) is 6.03 Å². The van der Waals surface area contributed by atoms with Crippen LogP contribution in [0.3, 0.4) is 0 Å². The van der Waals surface area contributed by atoms with Crippen molar-refractivity contribution in [2.24, 2.45) is 7.05 Å². The Morgan fingerprint density at radius 1 is 1.33 bits per heavy atom. The number of carbonyl (C=O) groups is 1. The number of urea groups is 1. The summed E-state index contributed by atoms with van der Waals surface area (Å²) in [6.07, 6.45) is 1.90. The van der Waals surface area contributed by atoms with Crippen LogP contribution in [0, 0.1) is 0 Å². The molecule has 2 rings (SSSR count). The van der Waals surface area contributed by atoms with E-state index in [1.54, 1.807) is 7.05 Å². The van der Waals surface area contributed by atoms with Gasteiger partial charge in [-0.05, 0) is 6.07 Å². The van der Waals surface area contributed by atoms with E-state index in [1.807, 2.05) is 42.1 Å². The molecular weight excluding hydrogens is 190 g/mol. The summed E-state index contributed by atoms with van der Waals surface area (Å²) >= 11 is 0. The SMILES string of the molecule is CNC(=O)Nc1cn(C)c2ccccc12. The Hall–Kier alpha value is -1.97. The van der Waals surface area contributed by atoms with Crippen molar-refractivity contribution >= 4 is 22.6 Å². The van der Waals surface area contributed by atoms with Gasteiger partial charge in [-0.2, -0.15) is 0 Å². The van der Waals surface area contributed by atoms with Gasteiger partial charge in [0.1, 0.15) is 0 Å². The Morgan fingerprint density at radius 3 is 2.80 bits per heavy atom. The van der Waals surface area contributed by atoms with E-state index in [9.17, 15) is 4.79 Å². The molecule has 15 heavy (non-hydrogen) atoms. The normalized spacial score (nSPS) is 10.3. The summed E-state index contributed by atoms with van der Waals surface area (Å²) in [5.74, 6) is 0. The lowest BCUT2D eigenvalue weighted by atomic mass is 10.2. The smallest absolute Gasteiger partial charge is 0.319 e. The van der Waals surface area contributed by atoms with Crippen LogP contribution in [-0.2, 0) is 7.05 Å². The number of hydrogen-bond acceptors (Lipinski definition) is 1. The zero-order chi connectivity index (χ0) is 10.8. The highest BCUT2D eigenvalue weighted by Gasteiger charge is 2.07. The van der Waals surface area contributed by atoms with Crippen molar-refractivity contribution in [2.45, 2.75) is 0 Å². The molecule has 0 aliphatic heterocycles. The third-order valence-electron chi connectivity index (χ3n) is 2.37. The van der Waals surface area contributed by atoms with Crippen molar-refractivity contribution in [3.8, 4) is 0 Å². The van der Waals surface area contributed by atoms with Crippen LogP contribution >= 0.6 is 0 Å². The average molecular weight is 203 g/mol. The summed E-state index contributed by atoms with van der Waals surface area (Å²) in [6, 6.07) is 7.74. The molecule has 1 aromatic carbocycles. The molecule has 0 aliphatic carbocycles. The minimum absolute atomic E-state index is 0.202. The number of aromatic nitrogens is 1. The summed E-state index contributed by atoms with van der Waals surface area (Å²) in [7, 11) is 3.55. The Morgan fingerprint density at radius 2 is 2.07 bits per heavy atom. The van der Waals surface area contributed by atoms with Crippen LogP contribution in [0.5, 0.6) is 0 Å². The van der Waals surface area contributed by atoms with Gasteiger partial charge in [0.2, 0.25) is 0 Å². The molecule has 2 amide bonds. The molecule has 4 heteroatoms. The van der Waals surface area contributed by atoms with Crippen molar-refractivity contribution in [3.63, 3.8) is 0 Å². The van der Waals surface area contributed by atoms with Crippen molar-refractivity contribution in [3.05, 3.63) is 30.5 Å². The molecule has 0 atom stereocenters. The molecule has 0 saturated carbocycles. The number of aryl methyl sites for hydroxylation is 1. The van der Waals surface area contributed by atoms with Crippen LogP contribution in [0.1, 0.15) is 0 Å². The van der Waals surface area contributed by atoms with E-state index in [1.165, 1.54) is 0 Å². The van der Waals surface area contributed by atoms with Crippen LogP contribution < -0.4 is 10.6 Å². The van der Waals surface area contributed by atoms with Crippen LogP contribution in [0.2, 0.25) is 0 Å². The molecule has 0 saturated heterocycles. The fraction of sp³-hybridized carbons (Fsp3) is 0.182. The third kappa shape index (κ3) is 1.66. The second kappa shape index (κ2) is 3.65. The molecule has 0 fully saturated rings. The summed E-state index contributed by atoms with van der Waals surface area (Å²) < 4.78 is 1.99. The first-order chi connectivity index (χ1) is 7.22. The number of nitrogens with one attached hydrogen (secondary N) is 2. The largest absolute Gasteiger partial charge is 0.348 e. The maximum Gasteiger partial charge on any atom is 0.319 e. The molecular formula is C11H13N3O. The topological polar surface area (TPSA) is 46.1 Å². The zero-order valence-corrected chi connectivity index (χ0v) is 8.74. The Labute approximate surface area is 87.9 Å². The molecule has 2 N–H and O–H groups in total. The summed E-state index contributed by atoms with van der Waals surface area (Å²) in [6.45, 7) is 0. The fourth-order valence-corrected chi connectivity index (χ4v) is 1.63. The van der Waals surface area contributed by atoms with Gasteiger partial charge in [0, 0.05) is 31.2 Å². The summed E-state index contributed by atoms with van der Waals surface area (Å²) in [4.78, 5) is 11.2. The fourth-order valence-electron chi connectivity index (χ4n) is 1.63. The van der Waals surface area contributed by atoms with E-state index in [2.05, 4.69) is 10.6 Å². The minimum atomic E-state index is -0.202. The summed E-state index contributed by atoms with van der Waals surface area (Å²) in [5.41, 5.74) is 1.93. The van der Waals surface area contributed by atoms with Crippen molar-refractivity contribution in [1.82, 2.24) is 9.88 Å². The maximum absolute atomic E-state index is 11.2. The van der Waals surface area contributed by atoms with Gasteiger partial charge in [-0.15, -0.1) is 0 Å². The van der Waals surface area contributed by atoms with Gasteiger partial charge in [0.05, 0.1) is 5.69 Å². The van der Waals surface area contributed by atoms with Gasteiger partial charge in [-0.25, -0.2) is 4.79 Å². The molecule has 0 radical (unpaired) electrons. The highest BCUT2D eigenvalue weighted by molar-refractivity contribution is 6.01. The van der Waals surface area contributed by atoms with Crippen LogP contribution in [0.25, 0.3) is 10.9 Å². The number of nitrogens with zero attached hydrogens (tertiary/aromatic N) is 1. The van der Waals surface area contributed by atoms with Crippen LogP contribution in [0.4, 0.5) is 10.5 Å². The van der Waals surface area contributed by atoms with E-state index in [4.69, 9.17) is 0 Å². The van der Waals surface area contributed by atoms with Gasteiger partial charge >= 0.3 is 6.03 Å². The number of anilines is 1. The van der Waals surface area contributed by atoms with Crippen LogP contribution in [-0.4, -0.2) is 17.6 Å². The molecule has 0 aliphatic rings. The number of fused-ring (bicyclic) bond motifs is 1. The number of benzene rings is 1. The number of amides is 2. The Balaban J connectivity index is 2.48. The standard InChI is InChI=1S/C11H13N3O/c1-12-11(15)13-9-7-14(2)10-6-4-3-5-8(9)10/h3-7H,1-2H3,(H2,12,13,15). The molecule has 4 nitrogen and oxygen atoms in total.